The maximum atomic E-state index is 14.1. The lowest BCUT2D eigenvalue weighted by molar-refractivity contribution is 0.0143. The van der Waals surface area contributed by atoms with Crippen molar-refractivity contribution in [2.24, 2.45) is 0 Å². The molecule has 4 rings (SSSR count). The van der Waals surface area contributed by atoms with Crippen molar-refractivity contribution in [3.63, 3.8) is 0 Å². The predicted octanol–water partition coefficient (Wildman–Crippen LogP) is 3.41. The maximum Gasteiger partial charge on any atom is 0.318 e. The number of urea groups is 1. The largest absolute Gasteiger partial charge is 0.335 e. The van der Waals surface area contributed by atoms with Gasteiger partial charge in [0.2, 0.25) is 0 Å². The molecule has 2 amide bonds. The normalized spacial score (nSPS) is 26.1. The molecule has 0 radical (unpaired) electrons. The fraction of sp³-hybridized carbons (Fsp3) is 0.650. The molecule has 1 saturated heterocycles. The number of hydrogen-bond acceptors (Lipinski definition) is 2. The SMILES string of the molecule is O=C(NC1CCCC1)N1CC(F)(F)C[C@H]1CN1CCc2ccccc2C1. The Morgan fingerprint density at radius 2 is 1.92 bits per heavy atom. The third-order valence-corrected chi connectivity index (χ3v) is 6.00. The molecule has 142 valence electrons. The van der Waals surface area contributed by atoms with Gasteiger partial charge in [-0.25, -0.2) is 13.6 Å². The molecular weight excluding hydrogens is 336 g/mol. The number of nitrogens with zero attached hydrogens (tertiary/aromatic N) is 2. The second-order valence-electron chi connectivity index (χ2n) is 8.03. The smallest absolute Gasteiger partial charge is 0.318 e. The molecule has 2 fully saturated rings. The van der Waals surface area contributed by atoms with Gasteiger partial charge in [-0.2, -0.15) is 0 Å². The second-order valence-corrected chi connectivity index (χ2v) is 8.03. The zero-order valence-corrected chi connectivity index (χ0v) is 15.1. The molecule has 0 unspecified atom stereocenters. The minimum Gasteiger partial charge on any atom is -0.335 e. The van der Waals surface area contributed by atoms with Crippen molar-refractivity contribution in [2.75, 3.05) is 19.6 Å². The van der Waals surface area contributed by atoms with E-state index < -0.39 is 18.5 Å². The number of benzene rings is 1. The highest BCUT2D eigenvalue weighted by molar-refractivity contribution is 5.75. The van der Waals surface area contributed by atoms with Gasteiger partial charge in [-0.3, -0.25) is 4.90 Å². The summed E-state index contributed by atoms with van der Waals surface area (Å²) in [5.41, 5.74) is 2.61. The molecule has 1 N–H and O–H groups in total. The molecule has 2 heterocycles. The van der Waals surface area contributed by atoms with Crippen LogP contribution in [0.4, 0.5) is 13.6 Å². The molecule has 1 aromatic carbocycles. The van der Waals surface area contributed by atoms with E-state index in [0.29, 0.717) is 6.54 Å². The highest BCUT2D eigenvalue weighted by atomic mass is 19.3. The number of amides is 2. The van der Waals surface area contributed by atoms with Gasteiger partial charge in [0, 0.05) is 32.1 Å². The Morgan fingerprint density at radius 3 is 2.69 bits per heavy atom. The quantitative estimate of drug-likeness (QED) is 0.893. The third kappa shape index (κ3) is 3.85. The number of alkyl halides is 2. The summed E-state index contributed by atoms with van der Waals surface area (Å²) in [4.78, 5) is 16.2. The molecule has 2 aliphatic heterocycles. The van der Waals surface area contributed by atoms with Gasteiger partial charge in [0.15, 0.2) is 0 Å². The van der Waals surface area contributed by atoms with Gasteiger partial charge in [-0.05, 0) is 30.4 Å². The first-order chi connectivity index (χ1) is 12.5. The summed E-state index contributed by atoms with van der Waals surface area (Å²) in [5, 5.41) is 2.98. The molecule has 1 atom stereocenters. The first-order valence-corrected chi connectivity index (χ1v) is 9.74. The number of carbonyl (C=O) groups excluding carboxylic acids is 1. The zero-order valence-electron chi connectivity index (χ0n) is 15.1. The lowest BCUT2D eigenvalue weighted by atomic mass is 9.99. The standard InChI is InChI=1S/C20H27F2N3O/c21-20(22)11-18(25(14-20)19(26)23-17-7-3-4-8-17)13-24-10-9-15-5-1-2-6-16(15)12-24/h1-2,5-6,17-18H,3-4,7-14H2,(H,23,26)/t18-/m0/s1. The van der Waals surface area contributed by atoms with Crippen molar-refractivity contribution in [3.05, 3.63) is 35.4 Å². The summed E-state index contributed by atoms with van der Waals surface area (Å²) in [7, 11) is 0. The monoisotopic (exact) mass is 363 g/mol. The van der Waals surface area contributed by atoms with Crippen LogP contribution in [0.15, 0.2) is 24.3 Å². The van der Waals surface area contributed by atoms with E-state index in [2.05, 4.69) is 22.3 Å². The van der Waals surface area contributed by atoms with Crippen LogP contribution in [-0.2, 0) is 13.0 Å². The number of fused-ring (bicyclic) bond motifs is 1. The number of hydrogen-bond donors (Lipinski definition) is 1. The van der Waals surface area contributed by atoms with E-state index in [1.165, 1.54) is 16.0 Å². The summed E-state index contributed by atoms with van der Waals surface area (Å²) in [5.74, 6) is -2.79. The molecule has 0 spiro atoms. The lowest BCUT2D eigenvalue weighted by Crippen LogP contribution is -2.50. The van der Waals surface area contributed by atoms with Gasteiger partial charge in [-0.15, -0.1) is 0 Å². The van der Waals surface area contributed by atoms with E-state index in [0.717, 1.165) is 45.2 Å². The van der Waals surface area contributed by atoms with Crippen LogP contribution < -0.4 is 5.32 Å². The van der Waals surface area contributed by atoms with Crippen LogP contribution in [0, 0.1) is 0 Å². The maximum absolute atomic E-state index is 14.1. The molecule has 3 aliphatic rings. The number of carbonyl (C=O) groups is 1. The number of likely N-dealkylation sites (tertiary alicyclic amines) is 1. The van der Waals surface area contributed by atoms with Crippen LogP contribution in [-0.4, -0.2) is 53.5 Å². The first-order valence-electron chi connectivity index (χ1n) is 9.74. The summed E-state index contributed by atoms with van der Waals surface area (Å²) < 4.78 is 28.1. The van der Waals surface area contributed by atoms with E-state index in [-0.39, 0.29) is 18.5 Å². The Balaban J connectivity index is 1.41. The van der Waals surface area contributed by atoms with Gasteiger partial charge in [-0.1, -0.05) is 37.1 Å². The molecule has 0 bridgehead atoms. The molecule has 4 nitrogen and oxygen atoms in total. The fourth-order valence-electron chi connectivity index (χ4n) is 4.63. The van der Waals surface area contributed by atoms with Gasteiger partial charge >= 0.3 is 6.03 Å². The number of nitrogens with one attached hydrogen (secondary N) is 1. The zero-order chi connectivity index (χ0) is 18.1. The predicted molar refractivity (Wildman–Crippen MR) is 96.3 cm³/mol. The van der Waals surface area contributed by atoms with Crippen molar-refractivity contribution < 1.29 is 13.6 Å². The van der Waals surface area contributed by atoms with Gasteiger partial charge in [0.1, 0.15) is 0 Å². The van der Waals surface area contributed by atoms with E-state index >= 15 is 0 Å². The van der Waals surface area contributed by atoms with Crippen molar-refractivity contribution in [1.82, 2.24) is 15.1 Å². The Kier molecular flexibility index (Phi) is 4.86. The fourth-order valence-corrected chi connectivity index (χ4v) is 4.63. The van der Waals surface area contributed by atoms with Crippen LogP contribution in [0.3, 0.4) is 0 Å². The summed E-state index contributed by atoms with van der Waals surface area (Å²) in [6, 6.07) is 7.73. The highest BCUT2D eigenvalue weighted by Gasteiger charge is 2.47. The van der Waals surface area contributed by atoms with Crippen LogP contribution in [0.25, 0.3) is 0 Å². The molecule has 1 aromatic rings. The minimum absolute atomic E-state index is 0.152. The lowest BCUT2D eigenvalue weighted by Gasteiger charge is -2.34. The summed E-state index contributed by atoms with van der Waals surface area (Å²) >= 11 is 0. The molecule has 26 heavy (non-hydrogen) atoms. The molecule has 0 aromatic heterocycles. The number of halogens is 2. The van der Waals surface area contributed by atoms with E-state index in [4.69, 9.17) is 0 Å². The van der Waals surface area contributed by atoms with Crippen LogP contribution >= 0.6 is 0 Å². The van der Waals surface area contributed by atoms with E-state index in [1.807, 2.05) is 12.1 Å². The van der Waals surface area contributed by atoms with Crippen LogP contribution in [0.1, 0.15) is 43.2 Å². The molecule has 1 aliphatic carbocycles. The van der Waals surface area contributed by atoms with Crippen molar-refractivity contribution in [2.45, 2.75) is 63.1 Å². The van der Waals surface area contributed by atoms with E-state index in [1.54, 1.807) is 0 Å². The van der Waals surface area contributed by atoms with Gasteiger partial charge < -0.3 is 10.2 Å². The molecular formula is C20H27F2N3O. The second kappa shape index (κ2) is 7.14. The molecule has 6 heteroatoms. The Hall–Kier alpha value is -1.69. The van der Waals surface area contributed by atoms with Crippen LogP contribution in [0.5, 0.6) is 0 Å². The number of rotatable bonds is 3. The third-order valence-electron chi connectivity index (χ3n) is 6.00. The Bertz CT molecular complexity index is 660. The Morgan fingerprint density at radius 1 is 1.19 bits per heavy atom. The Labute approximate surface area is 153 Å². The molecule has 1 saturated carbocycles. The highest BCUT2D eigenvalue weighted by Crippen LogP contribution is 2.33. The average molecular weight is 363 g/mol. The average Bonchev–Trinajstić information content (AvgIpc) is 3.22. The van der Waals surface area contributed by atoms with Crippen molar-refractivity contribution in [1.29, 1.82) is 0 Å². The van der Waals surface area contributed by atoms with Crippen molar-refractivity contribution >= 4 is 6.03 Å². The summed E-state index contributed by atoms with van der Waals surface area (Å²) in [6.07, 6.45) is 4.85. The van der Waals surface area contributed by atoms with Crippen molar-refractivity contribution in [3.8, 4) is 0 Å². The first kappa shape index (κ1) is 17.7. The van der Waals surface area contributed by atoms with Gasteiger partial charge in [0.25, 0.3) is 5.92 Å². The van der Waals surface area contributed by atoms with Crippen LogP contribution in [0.2, 0.25) is 0 Å². The summed E-state index contributed by atoms with van der Waals surface area (Å²) in [6.45, 7) is 1.69. The minimum atomic E-state index is -2.79. The van der Waals surface area contributed by atoms with E-state index in [9.17, 15) is 13.6 Å². The topological polar surface area (TPSA) is 35.6 Å². The van der Waals surface area contributed by atoms with Gasteiger partial charge in [0.05, 0.1) is 12.6 Å².